The lowest BCUT2D eigenvalue weighted by Crippen LogP contribution is -2.29. The first-order chi connectivity index (χ1) is 12.3. The van der Waals surface area contributed by atoms with Crippen LogP contribution in [0.4, 0.5) is 18.9 Å². The first-order valence-corrected chi connectivity index (χ1v) is 8.35. The minimum absolute atomic E-state index is 0.0771. The maximum Gasteiger partial charge on any atom is 0.471 e. The van der Waals surface area contributed by atoms with Crippen LogP contribution >= 0.6 is 0 Å². The number of hydrogen-bond acceptors (Lipinski definition) is 5. The third-order valence-corrected chi connectivity index (χ3v) is 4.31. The van der Waals surface area contributed by atoms with Gasteiger partial charge in [-0.3, -0.25) is 4.79 Å². The standard InChI is InChI=1S/C17H19F3N4O2/c1-23(11-8-14-21-16(26-22-14)17(18,19)20)15(25)12-4-6-13(7-5-12)24-9-2-3-10-24/h4-7H,2-3,8-11H2,1H3. The Hall–Kier alpha value is -2.58. The Balaban J connectivity index is 1.56. The van der Waals surface area contributed by atoms with Crippen LogP contribution in [0.2, 0.25) is 0 Å². The van der Waals surface area contributed by atoms with Gasteiger partial charge < -0.3 is 14.3 Å². The Bertz CT molecular complexity index is 752. The van der Waals surface area contributed by atoms with Crippen LogP contribution in [0.3, 0.4) is 0 Å². The molecular formula is C17H19F3N4O2. The lowest BCUT2D eigenvalue weighted by molar-refractivity contribution is -0.159. The predicted octanol–water partition coefficient (Wildman–Crippen LogP) is 3.00. The molecule has 3 rings (SSSR count). The Labute approximate surface area is 148 Å². The summed E-state index contributed by atoms with van der Waals surface area (Å²) in [5.41, 5.74) is 1.62. The van der Waals surface area contributed by atoms with Gasteiger partial charge in [0.1, 0.15) is 0 Å². The molecule has 1 aliphatic heterocycles. The highest BCUT2D eigenvalue weighted by atomic mass is 19.4. The number of amides is 1. The number of likely N-dealkylation sites (N-methyl/N-ethyl adjacent to an activating group) is 1. The molecule has 2 aromatic rings. The molecule has 1 fully saturated rings. The van der Waals surface area contributed by atoms with Crippen molar-refractivity contribution < 1.29 is 22.5 Å². The van der Waals surface area contributed by atoms with Crippen molar-refractivity contribution in [2.24, 2.45) is 0 Å². The largest absolute Gasteiger partial charge is 0.471 e. The number of benzene rings is 1. The molecule has 0 saturated carbocycles. The van der Waals surface area contributed by atoms with Crippen LogP contribution in [0.1, 0.15) is 34.9 Å². The summed E-state index contributed by atoms with van der Waals surface area (Å²) in [6.07, 6.45) is -2.23. The Morgan fingerprint density at radius 1 is 1.23 bits per heavy atom. The molecule has 0 radical (unpaired) electrons. The van der Waals surface area contributed by atoms with E-state index in [0.29, 0.717) is 5.56 Å². The van der Waals surface area contributed by atoms with E-state index in [9.17, 15) is 18.0 Å². The summed E-state index contributed by atoms with van der Waals surface area (Å²) in [6, 6.07) is 7.37. The number of carbonyl (C=O) groups is 1. The zero-order chi connectivity index (χ0) is 18.7. The second-order valence-electron chi connectivity index (χ2n) is 6.23. The second kappa shape index (κ2) is 7.35. The van der Waals surface area contributed by atoms with Gasteiger partial charge in [-0.15, -0.1) is 0 Å². The van der Waals surface area contributed by atoms with Crippen molar-refractivity contribution in [1.82, 2.24) is 15.0 Å². The van der Waals surface area contributed by atoms with Crippen LogP contribution in [0.15, 0.2) is 28.8 Å². The summed E-state index contributed by atoms with van der Waals surface area (Å²) in [5, 5.41) is 3.29. The maximum atomic E-state index is 12.4. The molecule has 1 aromatic carbocycles. The van der Waals surface area contributed by atoms with Gasteiger partial charge in [-0.1, -0.05) is 5.16 Å². The van der Waals surface area contributed by atoms with Crippen molar-refractivity contribution >= 4 is 11.6 Å². The van der Waals surface area contributed by atoms with Crippen LogP contribution in [0.5, 0.6) is 0 Å². The van der Waals surface area contributed by atoms with E-state index in [4.69, 9.17) is 0 Å². The van der Waals surface area contributed by atoms with Crippen LogP contribution in [-0.2, 0) is 12.6 Å². The van der Waals surface area contributed by atoms with E-state index in [0.717, 1.165) is 18.8 Å². The fourth-order valence-electron chi connectivity index (χ4n) is 2.85. The Kier molecular flexibility index (Phi) is 5.15. The summed E-state index contributed by atoms with van der Waals surface area (Å²) >= 11 is 0. The molecular weight excluding hydrogens is 349 g/mol. The van der Waals surface area contributed by atoms with Gasteiger partial charge in [0, 0.05) is 44.4 Å². The van der Waals surface area contributed by atoms with Gasteiger partial charge in [0.25, 0.3) is 5.91 Å². The molecule has 1 aromatic heterocycles. The average molecular weight is 368 g/mol. The fraction of sp³-hybridized carbons (Fsp3) is 0.471. The lowest BCUT2D eigenvalue weighted by atomic mass is 10.1. The number of anilines is 1. The summed E-state index contributed by atoms with van der Waals surface area (Å²) in [7, 11) is 1.58. The van der Waals surface area contributed by atoms with E-state index >= 15 is 0 Å². The van der Waals surface area contributed by atoms with Crippen LogP contribution < -0.4 is 4.90 Å². The third kappa shape index (κ3) is 4.14. The molecule has 0 bridgehead atoms. The predicted molar refractivity (Wildman–Crippen MR) is 87.9 cm³/mol. The Morgan fingerprint density at radius 3 is 2.46 bits per heavy atom. The summed E-state index contributed by atoms with van der Waals surface area (Å²) < 4.78 is 41.5. The minimum atomic E-state index is -4.66. The number of hydrogen-bond donors (Lipinski definition) is 0. The SMILES string of the molecule is CN(CCc1noc(C(F)(F)F)n1)C(=O)c1ccc(N2CCCC2)cc1. The normalized spacial score (nSPS) is 14.7. The number of alkyl halides is 3. The maximum absolute atomic E-state index is 12.4. The van der Waals surface area contributed by atoms with Crippen LogP contribution in [0.25, 0.3) is 0 Å². The molecule has 0 N–H and O–H groups in total. The summed E-state index contributed by atoms with van der Waals surface area (Å²) in [6.45, 7) is 2.24. The molecule has 0 aliphatic carbocycles. The zero-order valence-corrected chi connectivity index (χ0v) is 14.3. The van der Waals surface area contributed by atoms with Crippen molar-refractivity contribution in [3.05, 3.63) is 41.5 Å². The van der Waals surface area contributed by atoms with Gasteiger partial charge in [0.2, 0.25) is 0 Å². The third-order valence-electron chi connectivity index (χ3n) is 4.31. The van der Waals surface area contributed by atoms with E-state index in [2.05, 4.69) is 19.6 Å². The lowest BCUT2D eigenvalue weighted by Gasteiger charge is -2.19. The molecule has 0 spiro atoms. The van der Waals surface area contributed by atoms with Gasteiger partial charge in [-0.25, -0.2) is 0 Å². The van der Waals surface area contributed by atoms with E-state index in [-0.39, 0.29) is 24.7 Å². The minimum Gasteiger partial charge on any atom is -0.372 e. The fourth-order valence-corrected chi connectivity index (χ4v) is 2.85. The van der Waals surface area contributed by atoms with Gasteiger partial charge in [-0.05, 0) is 37.1 Å². The highest BCUT2D eigenvalue weighted by molar-refractivity contribution is 5.94. The van der Waals surface area contributed by atoms with Gasteiger partial charge >= 0.3 is 12.1 Å². The van der Waals surface area contributed by atoms with E-state index in [1.807, 2.05) is 12.1 Å². The number of carbonyl (C=O) groups excluding carboxylic acids is 1. The van der Waals surface area contributed by atoms with E-state index < -0.39 is 12.1 Å². The molecule has 2 heterocycles. The second-order valence-corrected chi connectivity index (χ2v) is 6.23. The average Bonchev–Trinajstić information content (AvgIpc) is 3.30. The molecule has 0 atom stereocenters. The number of aromatic nitrogens is 2. The molecule has 1 aliphatic rings. The molecule has 140 valence electrons. The number of halogens is 3. The smallest absolute Gasteiger partial charge is 0.372 e. The van der Waals surface area contributed by atoms with Crippen LogP contribution in [-0.4, -0.2) is 47.6 Å². The van der Waals surface area contributed by atoms with Crippen molar-refractivity contribution in [2.75, 3.05) is 31.6 Å². The molecule has 1 saturated heterocycles. The highest BCUT2D eigenvalue weighted by Crippen LogP contribution is 2.27. The van der Waals surface area contributed by atoms with Gasteiger partial charge in [0.05, 0.1) is 0 Å². The van der Waals surface area contributed by atoms with Crippen LogP contribution in [0, 0.1) is 0 Å². The quantitative estimate of drug-likeness (QED) is 0.812. The molecule has 26 heavy (non-hydrogen) atoms. The first-order valence-electron chi connectivity index (χ1n) is 8.35. The topological polar surface area (TPSA) is 62.5 Å². The zero-order valence-electron chi connectivity index (χ0n) is 14.3. The van der Waals surface area contributed by atoms with Crippen molar-refractivity contribution in [3.63, 3.8) is 0 Å². The first kappa shape index (κ1) is 18.2. The summed E-state index contributed by atoms with van der Waals surface area (Å²) in [5.74, 6) is -1.67. The molecule has 1 amide bonds. The van der Waals surface area contributed by atoms with Gasteiger partial charge in [0.15, 0.2) is 5.82 Å². The Morgan fingerprint density at radius 2 is 1.88 bits per heavy atom. The van der Waals surface area contributed by atoms with E-state index in [1.54, 1.807) is 19.2 Å². The number of nitrogens with zero attached hydrogens (tertiary/aromatic N) is 4. The molecule has 9 heteroatoms. The highest BCUT2D eigenvalue weighted by Gasteiger charge is 2.38. The van der Waals surface area contributed by atoms with E-state index in [1.165, 1.54) is 17.7 Å². The molecule has 0 unspecified atom stereocenters. The van der Waals surface area contributed by atoms with Crippen molar-refractivity contribution in [3.8, 4) is 0 Å². The van der Waals surface area contributed by atoms with Crippen molar-refractivity contribution in [2.45, 2.75) is 25.4 Å². The molecule has 6 nitrogen and oxygen atoms in total. The van der Waals surface area contributed by atoms with Gasteiger partial charge in [-0.2, -0.15) is 18.2 Å². The summed E-state index contributed by atoms with van der Waals surface area (Å²) in [4.78, 5) is 19.4. The van der Waals surface area contributed by atoms with Crippen molar-refractivity contribution in [1.29, 1.82) is 0 Å². The monoisotopic (exact) mass is 368 g/mol. The number of rotatable bonds is 5.